The van der Waals surface area contributed by atoms with Crippen LogP contribution in [-0.4, -0.2) is 67.0 Å². The second-order valence-corrected chi connectivity index (χ2v) is 8.19. The molecule has 2 unspecified atom stereocenters. The van der Waals surface area contributed by atoms with Crippen LogP contribution in [0.4, 0.5) is 0 Å². The summed E-state index contributed by atoms with van der Waals surface area (Å²) in [6, 6.07) is 4.60. The third kappa shape index (κ3) is 6.75. The predicted octanol–water partition coefficient (Wildman–Crippen LogP) is 2.62. The maximum absolute atomic E-state index is 10.5. The summed E-state index contributed by atoms with van der Waals surface area (Å²) in [6.07, 6.45) is 1.67. The molecular weight excluding hydrogens is 360 g/mol. The van der Waals surface area contributed by atoms with Gasteiger partial charge in [0.05, 0.1) is 30.9 Å². The second-order valence-electron chi connectivity index (χ2n) is 7.22. The largest absolute Gasteiger partial charge is 0.388 e. The number of rotatable bonds is 9. The molecule has 1 aromatic heterocycles. The van der Waals surface area contributed by atoms with E-state index in [4.69, 9.17) is 4.74 Å². The minimum absolute atomic E-state index is 0.257. The number of aliphatic hydroxyl groups is 1. The van der Waals surface area contributed by atoms with Gasteiger partial charge in [0.2, 0.25) is 0 Å². The van der Waals surface area contributed by atoms with Crippen LogP contribution in [0.1, 0.15) is 51.5 Å². The van der Waals surface area contributed by atoms with Crippen LogP contribution in [0.5, 0.6) is 0 Å². The van der Waals surface area contributed by atoms with Gasteiger partial charge in [0, 0.05) is 31.1 Å². The van der Waals surface area contributed by atoms with Crippen LogP contribution in [-0.2, 0) is 4.74 Å². The summed E-state index contributed by atoms with van der Waals surface area (Å²) in [5.41, 5.74) is -0.727. The van der Waals surface area contributed by atoms with Crippen molar-refractivity contribution in [2.24, 2.45) is 4.99 Å². The first-order valence-electron chi connectivity index (χ1n) is 10.1. The molecule has 7 heteroatoms. The van der Waals surface area contributed by atoms with E-state index < -0.39 is 5.60 Å². The van der Waals surface area contributed by atoms with Gasteiger partial charge in [0.25, 0.3) is 0 Å². The molecule has 1 aliphatic rings. The van der Waals surface area contributed by atoms with Crippen LogP contribution in [0.3, 0.4) is 0 Å². The normalized spacial score (nSPS) is 20.5. The highest BCUT2D eigenvalue weighted by Crippen LogP contribution is 2.26. The van der Waals surface area contributed by atoms with Crippen molar-refractivity contribution >= 4 is 17.3 Å². The van der Waals surface area contributed by atoms with Gasteiger partial charge >= 0.3 is 0 Å². The van der Waals surface area contributed by atoms with Crippen molar-refractivity contribution in [1.29, 1.82) is 0 Å². The molecule has 0 bridgehead atoms. The quantitative estimate of drug-likeness (QED) is 0.442. The fraction of sp³-hybridized carbons (Fsp3) is 0.750. The van der Waals surface area contributed by atoms with E-state index in [1.807, 2.05) is 13.8 Å². The van der Waals surface area contributed by atoms with Gasteiger partial charge in [-0.05, 0) is 38.1 Å². The zero-order chi connectivity index (χ0) is 19.7. The topological polar surface area (TPSA) is 69.1 Å². The van der Waals surface area contributed by atoms with E-state index in [0.717, 1.165) is 38.7 Å². The minimum Gasteiger partial charge on any atom is -0.388 e. The Bertz CT molecular complexity index is 560. The van der Waals surface area contributed by atoms with Gasteiger partial charge in [0.15, 0.2) is 5.96 Å². The zero-order valence-electron chi connectivity index (χ0n) is 17.2. The number of ether oxygens (including phenoxy) is 1. The highest BCUT2D eigenvalue weighted by atomic mass is 32.1. The maximum Gasteiger partial charge on any atom is 0.191 e. The number of hydrogen-bond donors (Lipinski definition) is 3. The van der Waals surface area contributed by atoms with E-state index in [1.54, 1.807) is 11.3 Å². The predicted molar refractivity (Wildman–Crippen MR) is 114 cm³/mol. The van der Waals surface area contributed by atoms with Gasteiger partial charge in [-0.15, -0.1) is 11.3 Å². The van der Waals surface area contributed by atoms with Gasteiger partial charge in [-0.3, -0.25) is 9.89 Å². The van der Waals surface area contributed by atoms with Gasteiger partial charge in [-0.1, -0.05) is 19.9 Å². The number of nitrogens with zero attached hydrogens (tertiary/aromatic N) is 2. The Hall–Kier alpha value is -1.15. The first-order chi connectivity index (χ1) is 13.0. The molecule has 1 aromatic rings. The molecule has 0 saturated carbocycles. The van der Waals surface area contributed by atoms with Crippen molar-refractivity contribution in [3.05, 3.63) is 22.4 Å². The van der Waals surface area contributed by atoms with E-state index in [2.05, 4.69) is 51.9 Å². The summed E-state index contributed by atoms with van der Waals surface area (Å²) >= 11 is 1.79. The van der Waals surface area contributed by atoms with Crippen LogP contribution in [0, 0.1) is 0 Å². The number of guanidine groups is 1. The number of nitrogens with one attached hydrogen (secondary N) is 2. The summed E-state index contributed by atoms with van der Waals surface area (Å²) < 4.78 is 5.72. The Morgan fingerprint density at radius 3 is 2.78 bits per heavy atom. The summed E-state index contributed by atoms with van der Waals surface area (Å²) in [7, 11) is 0. The second kappa shape index (κ2) is 11.0. The van der Waals surface area contributed by atoms with Gasteiger partial charge in [-0.25, -0.2) is 0 Å². The summed E-state index contributed by atoms with van der Waals surface area (Å²) in [6.45, 7) is 12.8. The van der Waals surface area contributed by atoms with Crippen LogP contribution in [0.25, 0.3) is 0 Å². The van der Waals surface area contributed by atoms with Crippen molar-refractivity contribution < 1.29 is 9.84 Å². The molecule has 1 aliphatic heterocycles. The van der Waals surface area contributed by atoms with Crippen molar-refractivity contribution in [2.75, 3.05) is 39.3 Å². The molecule has 0 amide bonds. The summed E-state index contributed by atoms with van der Waals surface area (Å²) in [5.74, 6) is 0.765. The van der Waals surface area contributed by atoms with Crippen molar-refractivity contribution in [3.63, 3.8) is 0 Å². The maximum atomic E-state index is 10.5. The smallest absolute Gasteiger partial charge is 0.191 e. The first-order valence-corrected chi connectivity index (χ1v) is 11.0. The molecule has 0 radical (unpaired) electrons. The molecule has 0 spiro atoms. The van der Waals surface area contributed by atoms with Crippen LogP contribution in [0.2, 0.25) is 0 Å². The molecule has 2 atom stereocenters. The van der Waals surface area contributed by atoms with Gasteiger partial charge in [0.1, 0.15) is 0 Å². The monoisotopic (exact) mass is 396 g/mol. The van der Waals surface area contributed by atoms with Gasteiger partial charge < -0.3 is 20.5 Å². The van der Waals surface area contributed by atoms with E-state index in [0.29, 0.717) is 19.4 Å². The molecule has 1 saturated heterocycles. The Labute approximate surface area is 168 Å². The molecular formula is C20H36N4O2S. The SMILES string of the molecule is CCNC(=NCC(O)(CC)CC)NCC(c1cccs1)N1CCOC(C)C1. The molecule has 2 rings (SSSR count). The van der Waals surface area contributed by atoms with Crippen molar-refractivity contribution in [2.45, 2.75) is 58.3 Å². The molecule has 0 aliphatic carbocycles. The van der Waals surface area contributed by atoms with E-state index in [9.17, 15) is 5.11 Å². The molecule has 6 nitrogen and oxygen atoms in total. The average molecular weight is 397 g/mol. The third-order valence-electron chi connectivity index (χ3n) is 5.24. The highest BCUT2D eigenvalue weighted by Gasteiger charge is 2.27. The van der Waals surface area contributed by atoms with Gasteiger partial charge in [-0.2, -0.15) is 0 Å². The lowest BCUT2D eigenvalue weighted by molar-refractivity contribution is -0.0334. The molecule has 2 heterocycles. The molecule has 27 heavy (non-hydrogen) atoms. The average Bonchev–Trinajstić information content (AvgIpc) is 3.20. The van der Waals surface area contributed by atoms with Crippen LogP contribution >= 0.6 is 11.3 Å². The summed E-state index contributed by atoms with van der Waals surface area (Å²) in [4.78, 5) is 8.49. The Balaban J connectivity index is 2.06. The molecule has 0 aromatic carbocycles. The number of hydrogen-bond acceptors (Lipinski definition) is 5. The Kier molecular flexibility index (Phi) is 9.02. The molecule has 1 fully saturated rings. The van der Waals surface area contributed by atoms with Crippen molar-refractivity contribution in [3.8, 4) is 0 Å². The fourth-order valence-electron chi connectivity index (χ4n) is 3.25. The molecule has 154 valence electrons. The number of aliphatic imine (C=N–C) groups is 1. The zero-order valence-corrected chi connectivity index (χ0v) is 18.0. The minimum atomic E-state index is -0.727. The fourth-order valence-corrected chi connectivity index (χ4v) is 4.11. The van der Waals surface area contributed by atoms with Crippen molar-refractivity contribution in [1.82, 2.24) is 15.5 Å². The van der Waals surface area contributed by atoms with E-state index in [-0.39, 0.29) is 12.1 Å². The first kappa shape index (κ1) is 22.1. The van der Waals surface area contributed by atoms with E-state index in [1.165, 1.54) is 4.88 Å². The van der Waals surface area contributed by atoms with Crippen LogP contribution < -0.4 is 10.6 Å². The lowest BCUT2D eigenvalue weighted by Crippen LogP contribution is -2.48. The third-order valence-corrected chi connectivity index (χ3v) is 6.21. The summed E-state index contributed by atoms with van der Waals surface area (Å²) in [5, 5.41) is 19.5. The Morgan fingerprint density at radius 2 is 2.19 bits per heavy atom. The highest BCUT2D eigenvalue weighted by molar-refractivity contribution is 7.10. The Morgan fingerprint density at radius 1 is 1.41 bits per heavy atom. The number of morpholine rings is 1. The lowest BCUT2D eigenvalue weighted by Gasteiger charge is -2.37. The standard InChI is InChI=1S/C20H36N4O2S/c1-5-20(25,6-2)15-23-19(21-7-3)22-13-17(18-9-8-12-27-18)24-10-11-26-16(4)14-24/h8-9,12,16-17,25H,5-7,10-11,13-15H2,1-4H3,(H2,21,22,23). The van der Waals surface area contributed by atoms with E-state index >= 15 is 0 Å². The number of thiophene rings is 1. The molecule has 3 N–H and O–H groups in total. The lowest BCUT2D eigenvalue weighted by atomic mass is 9.98. The van der Waals surface area contributed by atoms with Crippen LogP contribution in [0.15, 0.2) is 22.5 Å².